The summed E-state index contributed by atoms with van der Waals surface area (Å²) in [6.45, 7) is 0. The molecule has 0 fully saturated rings. The number of hydrogen-bond acceptors (Lipinski definition) is 5. The fourth-order valence-corrected chi connectivity index (χ4v) is 0.983. The maximum absolute atomic E-state index is 11.0. The first-order valence-electron chi connectivity index (χ1n) is 3.67. The predicted molar refractivity (Wildman–Crippen MR) is 45.0 cm³/mol. The molecule has 0 atom stereocenters. The molecule has 14 heavy (non-hydrogen) atoms. The number of nitrogens with zero attached hydrogens (tertiary/aromatic N) is 2. The van der Waals surface area contributed by atoms with Gasteiger partial charge >= 0.3 is 11.6 Å². The Bertz CT molecular complexity index is 561. The maximum Gasteiger partial charge on any atom is 0.371 e. The fraction of sp³-hybridized carbons (Fsp3) is 0. The van der Waals surface area contributed by atoms with Crippen LogP contribution in [0.15, 0.2) is 27.5 Å². The molecule has 2 aromatic heterocycles. The first-order valence-corrected chi connectivity index (χ1v) is 3.67. The second-order valence-corrected chi connectivity index (χ2v) is 2.48. The molecule has 0 saturated heterocycles. The zero-order valence-electron chi connectivity index (χ0n) is 6.80. The second kappa shape index (κ2) is 2.91. The van der Waals surface area contributed by atoms with E-state index in [0.29, 0.717) is 0 Å². The minimum Gasteiger partial charge on any atom is -0.476 e. The Kier molecular flexibility index (Phi) is 1.74. The summed E-state index contributed by atoms with van der Waals surface area (Å²) in [4.78, 5) is 28.9. The molecule has 2 heterocycles. The van der Waals surface area contributed by atoms with Gasteiger partial charge in [-0.25, -0.2) is 19.6 Å². The Balaban J connectivity index is 2.84. The third-order valence-corrected chi connectivity index (χ3v) is 1.57. The first-order chi connectivity index (χ1) is 6.68. The summed E-state index contributed by atoms with van der Waals surface area (Å²) in [6, 6.07) is 3.08. The van der Waals surface area contributed by atoms with Gasteiger partial charge in [-0.05, 0) is 12.1 Å². The fourth-order valence-electron chi connectivity index (χ4n) is 0.983. The van der Waals surface area contributed by atoms with Crippen molar-refractivity contribution in [2.24, 2.45) is 0 Å². The van der Waals surface area contributed by atoms with E-state index < -0.39 is 17.3 Å². The third-order valence-electron chi connectivity index (χ3n) is 1.57. The average molecular weight is 192 g/mol. The molecule has 0 saturated carbocycles. The first kappa shape index (κ1) is 8.36. The number of aromatic carboxylic acids is 1. The van der Waals surface area contributed by atoms with Gasteiger partial charge < -0.3 is 9.52 Å². The Hall–Kier alpha value is -2.24. The van der Waals surface area contributed by atoms with Gasteiger partial charge in [0.2, 0.25) is 11.4 Å². The van der Waals surface area contributed by atoms with E-state index in [2.05, 4.69) is 14.4 Å². The smallest absolute Gasteiger partial charge is 0.371 e. The Morgan fingerprint density at radius 2 is 2.29 bits per heavy atom. The maximum atomic E-state index is 11.0. The van der Waals surface area contributed by atoms with Crippen molar-refractivity contribution in [2.45, 2.75) is 0 Å². The lowest BCUT2D eigenvalue weighted by atomic mass is 10.4. The van der Waals surface area contributed by atoms with Gasteiger partial charge in [-0.1, -0.05) is 0 Å². The van der Waals surface area contributed by atoms with Gasteiger partial charge in [-0.2, -0.15) is 0 Å². The van der Waals surface area contributed by atoms with E-state index in [1.807, 2.05) is 0 Å². The minimum absolute atomic E-state index is 0.0301. The molecule has 6 heteroatoms. The lowest BCUT2D eigenvalue weighted by Gasteiger charge is -1.94. The topological polar surface area (TPSA) is 93.3 Å². The number of carboxylic acid groups (broad SMARTS) is 1. The highest BCUT2D eigenvalue weighted by Gasteiger charge is 2.13. The van der Waals surface area contributed by atoms with Crippen molar-refractivity contribution < 1.29 is 14.3 Å². The molecule has 0 radical (unpaired) electrons. The van der Waals surface area contributed by atoms with Crippen molar-refractivity contribution in [3.05, 3.63) is 34.4 Å². The monoisotopic (exact) mass is 192 g/mol. The van der Waals surface area contributed by atoms with Crippen LogP contribution in [0.2, 0.25) is 0 Å². The number of carboxylic acids is 1. The average Bonchev–Trinajstić information content (AvgIpc) is 2.16. The van der Waals surface area contributed by atoms with E-state index in [4.69, 9.17) is 5.11 Å². The predicted octanol–water partition coefficient (Wildman–Crippen LogP) is 0.281. The molecule has 0 amide bonds. The van der Waals surface area contributed by atoms with Gasteiger partial charge in [-0.15, -0.1) is 0 Å². The normalized spacial score (nSPS) is 10.3. The summed E-state index contributed by atoms with van der Waals surface area (Å²) in [6.07, 6.45) is 1.42. The summed E-state index contributed by atoms with van der Waals surface area (Å²) in [7, 11) is 0. The summed E-state index contributed by atoms with van der Waals surface area (Å²) < 4.78 is 4.64. The highest BCUT2D eigenvalue weighted by Crippen LogP contribution is 2.04. The van der Waals surface area contributed by atoms with Crippen LogP contribution >= 0.6 is 0 Å². The van der Waals surface area contributed by atoms with Gasteiger partial charge in [-0.3, -0.25) is 0 Å². The third kappa shape index (κ3) is 1.22. The number of fused-ring (bicyclic) bond motifs is 1. The van der Waals surface area contributed by atoms with Crippen LogP contribution in [0.3, 0.4) is 0 Å². The molecule has 2 rings (SSSR count). The molecule has 0 aliphatic heterocycles. The number of rotatable bonds is 1. The van der Waals surface area contributed by atoms with E-state index in [1.54, 1.807) is 6.07 Å². The molecule has 0 aliphatic carbocycles. The van der Waals surface area contributed by atoms with Crippen LogP contribution < -0.4 is 5.63 Å². The van der Waals surface area contributed by atoms with Crippen molar-refractivity contribution in [3.8, 4) is 0 Å². The van der Waals surface area contributed by atoms with Crippen LogP contribution in [0, 0.1) is 0 Å². The van der Waals surface area contributed by atoms with Crippen molar-refractivity contribution >= 4 is 17.2 Å². The van der Waals surface area contributed by atoms with E-state index in [9.17, 15) is 9.59 Å². The minimum atomic E-state index is -1.41. The van der Waals surface area contributed by atoms with Crippen LogP contribution in [0.25, 0.3) is 11.2 Å². The highest BCUT2D eigenvalue weighted by molar-refractivity contribution is 5.86. The van der Waals surface area contributed by atoms with Crippen LogP contribution in [0.5, 0.6) is 0 Å². The number of aromatic nitrogens is 2. The number of hydrogen-bond donors (Lipinski definition) is 1. The summed E-state index contributed by atoms with van der Waals surface area (Å²) >= 11 is 0. The Morgan fingerprint density at radius 1 is 1.50 bits per heavy atom. The molecule has 0 aromatic carbocycles. The summed E-state index contributed by atoms with van der Waals surface area (Å²) in [5.74, 6) is -1.41. The summed E-state index contributed by atoms with van der Waals surface area (Å²) in [5.41, 5.74) is -1.36. The molecule has 2 aromatic rings. The van der Waals surface area contributed by atoms with Crippen molar-refractivity contribution in [1.29, 1.82) is 0 Å². The largest absolute Gasteiger partial charge is 0.476 e. The van der Waals surface area contributed by atoms with Crippen molar-refractivity contribution in [3.63, 3.8) is 0 Å². The zero-order valence-corrected chi connectivity index (χ0v) is 6.80. The molecular weight excluding hydrogens is 188 g/mol. The molecule has 70 valence electrons. The molecule has 0 bridgehead atoms. The van der Waals surface area contributed by atoms with Crippen molar-refractivity contribution in [1.82, 2.24) is 9.97 Å². The summed E-state index contributed by atoms with van der Waals surface area (Å²) in [5, 5.41) is 8.58. The van der Waals surface area contributed by atoms with Crippen LogP contribution in [0.1, 0.15) is 10.5 Å². The molecule has 0 unspecified atom stereocenters. The number of pyridine rings is 1. The lowest BCUT2D eigenvalue weighted by Crippen LogP contribution is -2.16. The van der Waals surface area contributed by atoms with Crippen LogP contribution in [-0.4, -0.2) is 21.0 Å². The van der Waals surface area contributed by atoms with Crippen LogP contribution in [0.4, 0.5) is 0 Å². The van der Waals surface area contributed by atoms with E-state index in [1.165, 1.54) is 12.3 Å². The highest BCUT2D eigenvalue weighted by atomic mass is 16.4. The zero-order chi connectivity index (χ0) is 10.1. The van der Waals surface area contributed by atoms with Gasteiger partial charge in [0.05, 0.1) is 0 Å². The molecule has 0 aliphatic rings. The standard InChI is InChI=1S/C8H4N2O4/c11-7(12)5-8(13)14-6-4(10-5)2-1-3-9-6/h1-3H,(H,11,12). The van der Waals surface area contributed by atoms with Crippen molar-refractivity contribution in [2.75, 3.05) is 0 Å². The Labute approximate surface area is 76.8 Å². The lowest BCUT2D eigenvalue weighted by molar-refractivity contribution is 0.0686. The van der Waals surface area contributed by atoms with Gasteiger partial charge in [0, 0.05) is 6.20 Å². The quantitative estimate of drug-likeness (QED) is 0.697. The van der Waals surface area contributed by atoms with Gasteiger partial charge in [0.15, 0.2) is 0 Å². The molecule has 6 nitrogen and oxygen atoms in total. The second-order valence-electron chi connectivity index (χ2n) is 2.48. The van der Waals surface area contributed by atoms with E-state index in [-0.39, 0.29) is 11.2 Å². The number of carbonyl (C=O) groups is 1. The van der Waals surface area contributed by atoms with E-state index >= 15 is 0 Å². The molecule has 1 N–H and O–H groups in total. The molecule has 0 spiro atoms. The SMILES string of the molecule is O=C(O)c1nc2cccnc2oc1=O. The van der Waals surface area contributed by atoms with E-state index in [0.717, 1.165) is 0 Å². The van der Waals surface area contributed by atoms with Gasteiger partial charge in [0.25, 0.3) is 0 Å². The Morgan fingerprint density at radius 3 is 3.00 bits per heavy atom. The van der Waals surface area contributed by atoms with Gasteiger partial charge in [0.1, 0.15) is 5.52 Å². The van der Waals surface area contributed by atoms with Crippen LogP contribution in [-0.2, 0) is 0 Å². The molecular formula is C8H4N2O4.